The molecular formula is C18H21BrN2O3. The third kappa shape index (κ3) is 4.71. The van der Waals surface area contributed by atoms with Crippen LogP contribution in [-0.4, -0.2) is 29.8 Å². The van der Waals surface area contributed by atoms with Crippen molar-refractivity contribution in [1.29, 1.82) is 0 Å². The Morgan fingerprint density at radius 2 is 2.00 bits per heavy atom. The van der Waals surface area contributed by atoms with Gasteiger partial charge in [-0.1, -0.05) is 19.4 Å². The van der Waals surface area contributed by atoms with Crippen molar-refractivity contribution in [2.75, 3.05) is 18.4 Å². The van der Waals surface area contributed by atoms with Crippen LogP contribution in [0, 0.1) is 0 Å². The van der Waals surface area contributed by atoms with Crippen molar-refractivity contribution in [1.82, 2.24) is 4.90 Å². The minimum Gasteiger partial charge on any atom is -0.444 e. The average Bonchev–Trinajstić information content (AvgIpc) is 3.02. The van der Waals surface area contributed by atoms with Gasteiger partial charge in [0, 0.05) is 24.3 Å². The van der Waals surface area contributed by atoms with Crippen LogP contribution in [0.4, 0.5) is 5.69 Å². The summed E-state index contributed by atoms with van der Waals surface area (Å²) >= 11 is 3.16. The van der Waals surface area contributed by atoms with Gasteiger partial charge < -0.3 is 14.6 Å². The lowest BCUT2D eigenvalue weighted by atomic mass is 10.1. The Morgan fingerprint density at radius 1 is 1.21 bits per heavy atom. The molecule has 128 valence electrons. The van der Waals surface area contributed by atoms with Crippen molar-refractivity contribution in [2.24, 2.45) is 0 Å². The summed E-state index contributed by atoms with van der Waals surface area (Å²) in [5.41, 5.74) is 1.12. The number of hydrogen-bond donors (Lipinski definition) is 1. The molecule has 0 spiro atoms. The zero-order chi connectivity index (χ0) is 17.5. The Hall–Kier alpha value is -2.08. The van der Waals surface area contributed by atoms with Gasteiger partial charge in [0.1, 0.15) is 0 Å². The third-order valence-electron chi connectivity index (χ3n) is 3.61. The predicted octanol–water partition coefficient (Wildman–Crippen LogP) is 4.56. The van der Waals surface area contributed by atoms with E-state index in [9.17, 15) is 9.59 Å². The molecule has 0 atom stereocenters. The highest BCUT2D eigenvalue weighted by molar-refractivity contribution is 9.10. The molecule has 1 aromatic heterocycles. The molecule has 6 heteroatoms. The van der Waals surface area contributed by atoms with Crippen LogP contribution in [0.1, 0.15) is 47.6 Å². The van der Waals surface area contributed by atoms with Gasteiger partial charge in [0.25, 0.3) is 11.8 Å². The first-order valence-electron chi connectivity index (χ1n) is 8.01. The summed E-state index contributed by atoms with van der Waals surface area (Å²) < 4.78 is 5.72. The summed E-state index contributed by atoms with van der Waals surface area (Å²) in [6.45, 7) is 5.47. The number of carbonyl (C=O) groups excluding carboxylic acids is 2. The van der Waals surface area contributed by atoms with E-state index >= 15 is 0 Å². The van der Waals surface area contributed by atoms with Crippen molar-refractivity contribution >= 4 is 33.4 Å². The number of anilines is 1. The van der Waals surface area contributed by atoms with E-state index in [0.717, 1.165) is 19.4 Å². The van der Waals surface area contributed by atoms with Gasteiger partial charge in [0.2, 0.25) is 0 Å². The van der Waals surface area contributed by atoms with Crippen LogP contribution >= 0.6 is 15.9 Å². The molecule has 5 nitrogen and oxygen atoms in total. The molecule has 0 saturated carbocycles. The van der Waals surface area contributed by atoms with E-state index in [-0.39, 0.29) is 17.6 Å². The minimum atomic E-state index is -0.358. The molecule has 0 aliphatic carbocycles. The average molecular weight is 393 g/mol. The number of benzene rings is 1. The number of carbonyl (C=O) groups is 2. The molecule has 2 amide bonds. The van der Waals surface area contributed by atoms with E-state index in [4.69, 9.17) is 4.42 Å². The number of amides is 2. The fourth-order valence-electron chi connectivity index (χ4n) is 2.29. The summed E-state index contributed by atoms with van der Waals surface area (Å²) in [6, 6.07) is 10.2. The van der Waals surface area contributed by atoms with Crippen molar-refractivity contribution in [3.63, 3.8) is 0 Å². The van der Waals surface area contributed by atoms with E-state index in [2.05, 4.69) is 28.2 Å². The SMILES string of the molecule is CCCCN(CC)C(=O)c1cccc(NC(=O)c2ccc(Br)o2)c1. The van der Waals surface area contributed by atoms with Gasteiger partial charge in [0.15, 0.2) is 10.4 Å². The van der Waals surface area contributed by atoms with Gasteiger partial charge in [-0.15, -0.1) is 0 Å². The molecule has 2 rings (SSSR count). The number of unbranched alkanes of at least 4 members (excludes halogenated alkanes) is 1. The number of hydrogen-bond acceptors (Lipinski definition) is 3. The van der Waals surface area contributed by atoms with Gasteiger partial charge >= 0.3 is 0 Å². The summed E-state index contributed by atoms with van der Waals surface area (Å²) in [5.74, 6) is -0.178. The predicted molar refractivity (Wildman–Crippen MR) is 97.3 cm³/mol. The molecule has 24 heavy (non-hydrogen) atoms. The second-order valence-electron chi connectivity index (χ2n) is 5.38. The third-order valence-corrected chi connectivity index (χ3v) is 4.04. The number of furan rings is 1. The Balaban J connectivity index is 2.10. The quantitative estimate of drug-likeness (QED) is 0.750. The molecule has 0 aliphatic rings. The Labute approximate surface area is 150 Å². The van der Waals surface area contributed by atoms with Crippen LogP contribution in [0.3, 0.4) is 0 Å². The smallest absolute Gasteiger partial charge is 0.291 e. The van der Waals surface area contributed by atoms with Crippen molar-refractivity contribution in [3.8, 4) is 0 Å². The number of halogens is 1. The van der Waals surface area contributed by atoms with Crippen LogP contribution in [0.25, 0.3) is 0 Å². The van der Waals surface area contributed by atoms with E-state index in [0.29, 0.717) is 22.5 Å². The van der Waals surface area contributed by atoms with E-state index in [1.165, 1.54) is 0 Å². The van der Waals surface area contributed by atoms with E-state index < -0.39 is 0 Å². The van der Waals surface area contributed by atoms with Crippen LogP contribution in [0.15, 0.2) is 45.5 Å². The Kier molecular flexibility index (Phi) is 6.61. The molecule has 2 aromatic rings. The highest BCUT2D eigenvalue weighted by Gasteiger charge is 2.15. The lowest BCUT2D eigenvalue weighted by Gasteiger charge is -2.21. The zero-order valence-electron chi connectivity index (χ0n) is 13.8. The van der Waals surface area contributed by atoms with Crippen LogP contribution in [0.5, 0.6) is 0 Å². The highest BCUT2D eigenvalue weighted by Crippen LogP contribution is 2.17. The maximum Gasteiger partial charge on any atom is 0.291 e. The summed E-state index contributed by atoms with van der Waals surface area (Å²) in [5, 5.41) is 2.74. The van der Waals surface area contributed by atoms with Crippen LogP contribution in [-0.2, 0) is 0 Å². The maximum absolute atomic E-state index is 12.6. The van der Waals surface area contributed by atoms with Gasteiger partial charge in [-0.05, 0) is 59.6 Å². The normalized spacial score (nSPS) is 10.5. The van der Waals surface area contributed by atoms with Gasteiger partial charge in [-0.2, -0.15) is 0 Å². The van der Waals surface area contributed by atoms with Crippen molar-refractivity contribution < 1.29 is 14.0 Å². The topological polar surface area (TPSA) is 62.6 Å². The van der Waals surface area contributed by atoms with Gasteiger partial charge in [-0.3, -0.25) is 9.59 Å². The number of nitrogens with one attached hydrogen (secondary N) is 1. The second-order valence-corrected chi connectivity index (χ2v) is 6.16. The van der Waals surface area contributed by atoms with Gasteiger partial charge in [0.05, 0.1) is 0 Å². The van der Waals surface area contributed by atoms with Crippen LogP contribution < -0.4 is 5.32 Å². The lowest BCUT2D eigenvalue weighted by molar-refractivity contribution is 0.0762. The first kappa shape index (κ1) is 18.3. The van der Waals surface area contributed by atoms with E-state index in [1.54, 1.807) is 36.4 Å². The first-order chi connectivity index (χ1) is 11.5. The molecular weight excluding hydrogens is 372 g/mol. The first-order valence-corrected chi connectivity index (χ1v) is 8.80. The molecule has 0 unspecified atom stereocenters. The number of nitrogens with zero attached hydrogens (tertiary/aromatic N) is 1. The zero-order valence-corrected chi connectivity index (χ0v) is 15.4. The second kappa shape index (κ2) is 8.68. The lowest BCUT2D eigenvalue weighted by Crippen LogP contribution is -2.31. The molecule has 1 heterocycles. The molecule has 0 aliphatic heterocycles. The fourth-order valence-corrected chi connectivity index (χ4v) is 2.60. The van der Waals surface area contributed by atoms with Gasteiger partial charge in [-0.25, -0.2) is 0 Å². The molecule has 0 fully saturated rings. The Bertz CT molecular complexity index is 712. The van der Waals surface area contributed by atoms with Crippen LogP contribution in [0.2, 0.25) is 0 Å². The molecule has 0 radical (unpaired) electrons. The number of rotatable bonds is 7. The summed E-state index contributed by atoms with van der Waals surface area (Å²) in [4.78, 5) is 26.5. The largest absolute Gasteiger partial charge is 0.444 e. The van der Waals surface area contributed by atoms with Crippen molar-refractivity contribution in [2.45, 2.75) is 26.7 Å². The van der Waals surface area contributed by atoms with Crippen molar-refractivity contribution in [3.05, 3.63) is 52.4 Å². The minimum absolute atomic E-state index is 0.0252. The molecule has 1 N–H and O–H groups in total. The summed E-state index contributed by atoms with van der Waals surface area (Å²) in [6.07, 6.45) is 2.02. The maximum atomic E-state index is 12.6. The Morgan fingerprint density at radius 3 is 2.62 bits per heavy atom. The fraction of sp³-hybridized carbons (Fsp3) is 0.333. The highest BCUT2D eigenvalue weighted by atomic mass is 79.9. The molecule has 1 aromatic carbocycles. The molecule has 0 saturated heterocycles. The monoisotopic (exact) mass is 392 g/mol. The molecule has 0 bridgehead atoms. The van der Waals surface area contributed by atoms with E-state index in [1.807, 2.05) is 11.8 Å². The standard InChI is InChI=1S/C18H21BrN2O3/c1-3-5-11-21(4-2)18(23)13-7-6-8-14(12-13)20-17(22)15-9-10-16(19)24-15/h6-10,12H,3-5,11H2,1-2H3,(H,20,22). The summed E-state index contributed by atoms with van der Waals surface area (Å²) in [7, 11) is 0.